The zero-order valence-electron chi connectivity index (χ0n) is 26.9. The third-order valence-electron chi connectivity index (χ3n) is 9.58. The van der Waals surface area contributed by atoms with Gasteiger partial charge < -0.3 is 9.47 Å². The van der Waals surface area contributed by atoms with Gasteiger partial charge in [0.2, 0.25) is 0 Å². The summed E-state index contributed by atoms with van der Waals surface area (Å²) in [6, 6.07) is 3.92. The molecule has 1 aliphatic carbocycles. The summed E-state index contributed by atoms with van der Waals surface area (Å²) in [7, 11) is 1.47. The Morgan fingerprint density at radius 3 is 2.17 bits per heavy atom. The average Bonchev–Trinajstić information content (AvgIpc) is 3.56. The standard InChI is InChI=1S/C34H37F9N2O3/c1-19-29(21-13-23(32(35,36)37)15-24(14-21)33(38,39)40)48-30(46)45(19)18-22-16-31(2,3)10-9-25(22)26-12-20(7-8-27(26)47-4)17-44-11-5-6-28(44)34(41,42)43/h7-8,12-15,19,28-29H,5-6,9-11,16-18H2,1-4H3/t19-,28+,29-/m0/s1. The molecular weight excluding hydrogens is 655 g/mol. The molecule has 0 spiro atoms. The first-order valence-corrected chi connectivity index (χ1v) is 15.6. The van der Waals surface area contributed by atoms with Crippen LogP contribution in [0.15, 0.2) is 42.0 Å². The van der Waals surface area contributed by atoms with Gasteiger partial charge in [0.25, 0.3) is 0 Å². The highest BCUT2D eigenvalue weighted by Gasteiger charge is 2.46. The lowest BCUT2D eigenvalue weighted by molar-refractivity contribution is -0.177. The number of hydrogen-bond donors (Lipinski definition) is 0. The zero-order valence-corrected chi connectivity index (χ0v) is 26.9. The van der Waals surface area contributed by atoms with Crippen molar-refractivity contribution in [1.29, 1.82) is 0 Å². The largest absolute Gasteiger partial charge is 0.496 e. The third kappa shape index (κ3) is 7.58. The predicted molar refractivity (Wildman–Crippen MR) is 159 cm³/mol. The van der Waals surface area contributed by atoms with Crippen molar-refractivity contribution in [3.05, 3.63) is 69.8 Å². The number of rotatable bonds is 7. The minimum atomic E-state index is -5.06. The summed E-state index contributed by atoms with van der Waals surface area (Å²) in [5.74, 6) is 0.485. The summed E-state index contributed by atoms with van der Waals surface area (Å²) >= 11 is 0. The molecule has 0 bridgehead atoms. The van der Waals surface area contributed by atoms with Crippen molar-refractivity contribution < 1.29 is 53.8 Å². The molecule has 0 aromatic heterocycles. The van der Waals surface area contributed by atoms with Gasteiger partial charge in [0.15, 0.2) is 0 Å². The Hall–Kier alpha value is -3.42. The normalized spacial score (nSPS) is 24.0. The number of carbonyl (C=O) groups is 1. The van der Waals surface area contributed by atoms with E-state index in [2.05, 4.69) is 0 Å². The van der Waals surface area contributed by atoms with Gasteiger partial charge in [-0.15, -0.1) is 0 Å². The number of ether oxygens (including phenoxy) is 2. The van der Waals surface area contributed by atoms with E-state index in [-0.39, 0.29) is 31.0 Å². The van der Waals surface area contributed by atoms with E-state index in [1.165, 1.54) is 23.8 Å². The molecule has 2 aliphatic heterocycles. The van der Waals surface area contributed by atoms with E-state index in [1.807, 2.05) is 13.8 Å². The van der Waals surface area contributed by atoms with Crippen molar-refractivity contribution in [3.63, 3.8) is 0 Å². The second kappa shape index (κ2) is 12.8. The Bertz CT molecular complexity index is 1530. The first-order valence-electron chi connectivity index (χ1n) is 15.6. The fourth-order valence-corrected chi connectivity index (χ4v) is 7.11. The zero-order chi connectivity index (χ0) is 35.4. The van der Waals surface area contributed by atoms with E-state index >= 15 is 0 Å². The van der Waals surface area contributed by atoms with Crippen LogP contribution in [0, 0.1) is 5.41 Å². The molecule has 5 nitrogen and oxygen atoms in total. The summed E-state index contributed by atoms with van der Waals surface area (Å²) < 4.78 is 134. The molecule has 0 unspecified atom stereocenters. The Morgan fingerprint density at radius 1 is 0.938 bits per heavy atom. The summed E-state index contributed by atoms with van der Waals surface area (Å²) in [5.41, 5.74) is -0.721. The van der Waals surface area contributed by atoms with Crippen LogP contribution in [0.4, 0.5) is 44.3 Å². The molecule has 2 saturated heterocycles. The quantitative estimate of drug-likeness (QED) is 0.271. The number of alkyl halides is 9. The van der Waals surface area contributed by atoms with Crippen LogP contribution in [0.25, 0.3) is 5.57 Å². The number of allylic oxidation sites excluding steroid dienone is 1. The lowest BCUT2D eigenvalue weighted by Crippen LogP contribution is -2.40. The lowest BCUT2D eigenvalue weighted by atomic mass is 9.72. The lowest BCUT2D eigenvalue weighted by Gasteiger charge is -2.36. The van der Waals surface area contributed by atoms with Crippen LogP contribution < -0.4 is 4.74 Å². The monoisotopic (exact) mass is 692 g/mol. The molecule has 48 heavy (non-hydrogen) atoms. The third-order valence-corrected chi connectivity index (χ3v) is 9.58. The Morgan fingerprint density at radius 2 is 1.58 bits per heavy atom. The summed E-state index contributed by atoms with van der Waals surface area (Å²) in [6.45, 7) is 5.95. The second-order valence-electron chi connectivity index (χ2n) is 13.6. The van der Waals surface area contributed by atoms with Crippen LogP contribution >= 0.6 is 0 Å². The van der Waals surface area contributed by atoms with Crippen LogP contribution in [-0.2, 0) is 23.6 Å². The number of amides is 1. The number of methoxy groups -OCH3 is 1. The van der Waals surface area contributed by atoms with Gasteiger partial charge in [-0.2, -0.15) is 39.5 Å². The highest BCUT2D eigenvalue weighted by Crippen LogP contribution is 2.47. The van der Waals surface area contributed by atoms with Gasteiger partial charge in [0.1, 0.15) is 17.9 Å². The number of hydrogen-bond acceptors (Lipinski definition) is 4. The predicted octanol–water partition coefficient (Wildman–Crippen LogP) is 9.81. The summed E-state index contributed by atoms with van der Waals surface area (Å²) in [4.78, 5) is 15.9. The fraction of sp³-hybridized carbons (Fsp3) is 0.559. The molecule has 3 atom stereocenters. The second-order valence-corrected chi connectivity index (χ2v) is 13.6. The van der Waals surface area contributed by atoms with Crippen molar-refractivity contribution in [1.82, 2.24) is 9.80 Å². The average molecular weight is 693 g/mol. The van der Waals surface area contributed by atoms with Crippen molar-refractivity contribution in [3.8, 4) is 5.75 Å². The molecule has 2 aromatic rings. The fourth-order valence-electron chi connectivity index (χ4n) is 7.11. The number of carbonyl (C=O) groups excluding carboxylic acids is 1. The topological polar surface area (TPSA) is 42.0 Å². The van der Waals surface area contributed by atoms with Gasteiger partial charge in [-0.25, -0.2) is 4.79 Å². The molecular formula is C34H37F9N2O3. The van der Waals surface area contributed by atoms with Crippen LogP contribution in [0.5, 0.6) is 5.75 Å². The Kier molecular flexibility index (Phi) is 9.56. The van der Waals surface area contributed by atoms with Gasteiger partial charge in [-0.05, 0) is 104 Å². The molecule has 14 heteroatoms. The first kappa shape index (κ1) is 35.9. The van der Waals surface area contributed by atoms with Gasteiger partial charge in [-0.3, -0.25) is 9.80 Å². The van der Waals surface area contributed by atoms with Crippen molar-refractivity contribution >= 4 is 11.7 Å². The molecule has 5 rings (SSSR count). The maximum atomic E-state index is 13.7. The highest BCUT2D eigenvalue weighted by molar-refractivity contribution is 5.77. The van der Waals surface area contributed by atoms with Gasteiger partial charge in [0, 0.05) is 18.7 Å². The van der Waals surface area contributed by atoms with E-state index in [9.17, 15) is 44.3 Å². The van der Waals surface area contributed by atoms with Crippen LogP contribution in [-0.4, -0.2) is 54.4 Å². The SMILES string of the molecule is COc1ccc(CN2CCC[C@@H]2C(F)(F)F)cc1C1=C(CN2C(=O)O[C@H](c3cc(C(F)(F)F)cc(C(F)(F)F)c3)[C@@H]2C)CC(C)(C)CC1. The summed E-state index contributed by atoms with van der Waals surface area (Å²) in [5, 5.41) is 0. The van der Waals surface area contributed by atoms with Crippen LogP contribution in [0.3, 0.4) is 0 Å². The molecule has 2 heterocycles. The van der Waals surface area contributed by atoms with Crippen molar-refractivity contribution in [2.45, 2.75) is 96.1 Å². The van der Waals surface area contributed by atoms with E-state index in [1.54, 1.807) is 18.2 Å². The number of benzene rings is 2. The molecule has 2 fully saturated rings. The van der Waals surface area contributed by atoms with Gasteiger partial charge >= 0.3 is 24.6 Å². The van der Waals surface area contributed by atoms with E-state index in [4.69, 9.17) is 9.47 Å². The number of nitrogens with zero attached hydrogens (tertiary/aromatic N) is 2. The van der Waals surface area contributed by atoms with Crippen LogP contribution in [0.2, 0.25) is 0 Å². The molecule has 3 aliphatic rings. The first-order chi connectivity index (χ1) is 22.2. The molecule has 264 valence electrons. The minimum absolute atomic E-state index is 0.0178. The number of likely N-dealkylation sites (tertiary alicyclic amines) is 1. The maximum absolute atomic E-state index is 13.7. The van der Waals surface area contributed by atoms with Crippen LogP contribution in [0.1, 0.15) is 86.8 Å². The Labute approximate surface area is 272 Å². The highest BCUT2D eigenvalue weighted by atomic mass is 19.4. The van der Waals surface area contributed by atoms with E-state index < -0.39 is 59.5 Å². The number of cyclic esters (lactones) is 1. The molecule has 0 radical (unpaired) electrons. The summed E-state index contributed by atoms with van der Waals surface area (Å²) in [6.07, 6.45) is -14.5. The molecule has 2 aromatic carbocycles. The molecule has 1 amide bonds. The minimum Gasteiger partial charge on any atom is -0.496 e. The molecule has 0 N–H and O–H groups in total. The van der Waals surface area contributed by atoms with Crippen molar-refractivity contribution in [2.24, 2.45) is 5.41 Å². The van der Waals surface area contributed by atoms with Gasteiger partial charge in [-0.1, -0.05) is 19.9 Å². The molecule has 0 saturated carbocycles. The van der Waals surface area contributed by atoms with E-state index in [0.717, 1.165) is 17.6 Å². The van der Waals surface area contributed by atoms with Gasteiger partial charge in [0.05, 0.1) is 24.3 Å². The Balaban J connectivity index is 1.49. The number of halogens is 9. The van der Waals surface area contributed by atoms with E-state index in [0.29, 0.717) is 54.8 Å². The van der Waals surface area contributed by atoms with Crippen molar-refractivity contribution in [2.75, 3.05) is 20.2 Å². The maximum Gasteiger partial charge on any atom is 0.416 e. The smallest absolute Gasteiger partial charge is 0.416 e.